The predicted molar refractivity (Wildman–Crippen MR) is 79.4 cm³/mol. The Hall–Kier alpha value is -1.96. The third kappa shape index (κ3) is 5.14. The number of hydrogen-bond donors (Lipinski definition) is 3. The highest BCUT2D eigenvalue weighted by molar-refractivity contribution is 7.13. The van der Waals surface area contributed by atoms with Crippen LogP contribution in [-0.4, -0.2) is 28.0 Å². The maximum Gasteiger partial charge on any atom is 0.327 e. The second-order valence-corrected chi connectivity index (χ2v) is 6.46. The Morgan fingerprint density at radius 3 is 2.48 bits per heavy atom. The van der Waals surface area contributed by atoms with Gasteiger partial charge >= 0.3 is 12.0 Å². The molecule has 21 heavy (non-hydrogen) atoms. The van der Waals surface area contributed by atoms with E-state index in [-0.39, 0.29) is 12.3 Å². The van der Waals surface area contributed by atoms with Crippen LogP contribution in [-0.2, 0) is 9.59 Å². The van der Waals surface area contributed by atoms with Gasteiger partial charge in [-0.3, -0.25) is 20.2 Å². The average molecular weight is 313 g/mol. The van der Waals surface area contributed by atoms with Gasteiger partial charge in [-0.2, -0.15) is 0 Å². The number of amides is 3. The number of carbonyl (C=O) groups excluding carboxylic acids is 2. The highest BCUT2D eigenvalue weighted by Crippen LogP contribution is 2.22. The number of carbonyl (C=O) groups is 3. The predicted octanol–water partition coefficient (Wildman–Crippen LogP) is 2.42. The lowest BCUT2D eigenvalue weighted by Crippen LogP contribution is -2.38. The van der Waals surface area contributed by atoms with E-state index in [1.165, 1.54) is 25.2 Å². The molecule has 0 saturated heterocycles. The molecule has 0 aliphatic rings. The van der Waals surface area contributed by atoms with Gasteiger partial charge in [-0.1, -0.05) is 13.8 Å². The molecule has 0 spiro atoms. The molecule has 1 rings (SSSR count). The van der Waals surface area contributed by atoms with Crippen LogP contribution in [0.2, 0.25) is 0 Å². The van der Waals surface area contributed by atoms with Gasteiger partial charge in [0.2, 0.25) is 5.91 Å². The first kappa shape index (κ1) is 17.1. The van der Waals surface area contributed by atoms with Gasteiger partial charge in [0, 0.05) is 11.8 Å². The minimum Gasteiger partial charge on any atom is -0.481 e. The van der Waals surface area contributed by atoms with E-state index in [0.717, 1.165) is 5.69 Å². The number of rotatable bonds is 5. The van der Waals surface area contributed by atoms with Crippen molar-refractivity contribution >= 4 is 34.4 Å². The Bertz CT molecular complexity index is 551. The lowest BCUT2D eigenvalue weighted by atomic mass is 9.89. The van der Waals surface area contributed by atoms with Crippen LogP contribution in [0.4, 0.5) is 9.93 Å². The minimum atomic E-state index is -1.23. The summed E-state index contributed by atoms with van der Waals surface area (Å²) in [6.45, 7) is 6.80. The fourth-order valence-electron chi connectivity index (χ4n) is 1.38. The van der Waals surface area contributed by atoms with E-state index < -0.39 is 23.3 Å². The first-order valence-corrected chi connectivity index (χ1v) is 7.29. The number of nitrogens with zero attached hydrogens (tertiary/aromatic N) is 1. The molecule has 3 N–H and O–H groups in total. The fourth-order valence-corrected chi connectivity index (χ4v) is 2.25. The number of urea groups is 1. The number of carboxylic acid groups (broad SMARTS) is 1. The SMILES string of the molecule is CC(C)c1csc(NC(=O)NC(=O)CC(C)(C)C(=O)O)n1. The molecule has 116 valence electrons. The van der Waals surface area contributed by atoms with Crippen LogP contribution in [0.5, 0.6) is 0 Å². The molecule has 8 heteroatoms. The summed E-state index contributed by atoms with van der Waals surface area (Å²) in [7, 11) is 0. The standard InChI is InChI=1S/C13H19N3O4S/c1-7(2)8-6-21-12(14-8)16-11(20)15-9(17)5-13(3,4)10(18)19/h6-7H,5H2,1-4H3,(H,18,19)(H2,14,15,16,17,20). The molecule has 1 aromatic heterocycles. The molecule has 7 nitrogen and oxygen atoms in total. The second kappa shape index (κ2) is 6.66. The number of hydrogen-bond acceptors (Lipinski definition) is 5. The summed E-state index contributed by atoms with van der Waals surface area (Å²) < 4.78 is 0. The fraction of sp³-hybridized carbons (Fsp3) is 0.538. The first-order chi connectivity index (χ1) is 9.61. The van der Waals surface area contributed by atoms with E-state index in [1.54, 1.807) is 0 Å². The zero-order valence-electron chi connectivity index (χ0n) is 12.4. The third-order valence-electron chi connectivity index (χ3n) is 2.77. The summed E-state index contributed by atoms with van der Waals surface area (Å²) in [5.74, 6) is -1.50. The number of imide groups is 1. The zero-order chi connectivity index (χ0) is 16.2. The van der Waals surface area contributed by atoms with Crippen LogP contribution in [0.1, 0.15) is 45.7 Å². The van der Waals surface area contributed by atoms with Crippen molar-refractivity contribution < 1.29 is 19.5 Å². The van der Waals surface area contributed by atoms with Crippen molar-refractivity contribution in [2.24, 2.45) is 5.41 Å². The van der Waals surface area contributed by atoms with E-state index >= 15 is 0 Å². The molecule has 0 saturated carbocycles. The first-order valence-electron chi connectivity index (χ1n) is 6.41. The van der Waals surface area contributed by atoms with E-state index in [0.29, 0.717) is 5.13 Å². The van der Waals surface area contributed by atoms with Gasteiger partial charge in [-0.15, -0.1) is 11.3 Å². The van der Waals surface area contributed by atoms with Gasteiger partial charge in [0.1, 0.15) is 0 Å². The molecule has 3 amide bonds. The van der Waals surface area contributed by atoms with Gasteiger partial charge in [0.15, 0.2) is 5.13 Å². The van der Waals surface area contributed by atoms with Gasteiger partial charge in [0.05, 0.1) is 11.1 Å². The zero-order valence-corrected chi connectivity index (χ0v) is 13.2. The number of aliphatic carboxylic acids is 1. The quantitative estimate of drug-likeness (QED) is 0.773. The lowest BCUT2D eigenvalue weighted by Gasteiger charge is -2.17. The molecule has 0 aliphatic carbocycles. The van der Waals surface area contributed by atoms with Crippen molar-refractivity contribution in [2.45, 2.75) is 40.0 Å². The Morgan fingerprint density at radius 2 is 2.00 bits per heavy atom. The third-order valence-corrected chi connectivity index (χ3v) is 3.54. The van der Waals surface area contributed by atoms with E-state index in [4.69, 9.17) is 5.11 Å². The van der Waals surface area contributed by atoms with Crippen molar-refractivity contribution in [3.8, 4) is 0 Å². The number of nitrogens with one attached hydrogen (secondary N) is 2. The molecule has 0 radical (unpaired) electrons. The van der Waals surface area contributed by atoms with Crippen LogP contribution in [0.25, 0.3) is 0 Å². The normalized spacial score (nSPS) is 11.3. The summed E-state index contributed by atoms with van der Waals surface area (Å²) in [6.07, 6.45) is -0.287. The number of anilines is 1. The van der Waals surface area contributed by atoms with E-state index in [1.807, 2.05) is 19.2 Å². The van der Waals surface area contributed by atoms with Crippen molar-refractivity contribution in [3.63, 3.8) is 0 Å². The van der Waals surface area contributed by atoms with Gasteiger partial charge in [-0.05, 0) is 19.8 Å². The Morgan fingerprint density at radius 1 is 1.38 bits per heavy atom. The number of carboxylic acids is 1. The van der Waals surface area contributed by atoms with E-state index in [2.05, 4.69) is 15.6 Å². The molecule has 0 aliphatic heterocycles. The Balaban J connectivity index is 2.53. The van der Waals surface area contributed by atoms with Crippen molar-refractivity contribution in [1.29, 1.82) is 0 Å². The van der Waals surface area contributed by atoms with Gasteiger partial charge in [0.25, 0.3) is 0 Å². The van der Waals surface area contributed by atoms with Gasteiger partial charge in [-0.25, -0.2) is 9.78 Å². The maximum absolute atomic E-state index is 11.6. The van der Waals surface area contributed by atoms with Crippen molar-refractivity contribution in [3.05, 3.63) is 11.1 Å². The molecule has 1 aromatic rings. The van der Waals surface area contributed by atoms with Crippen molar-refractivity contribution in [1.82, 2.24) is 10.3 Å². The largest absolute Gasteiger partial charge is 0.481 e. The Kier molecular flexibility index (Phi) is 5.42. The van der Waals surface area contributed by atoms with Crippen LogP contribution < -0.4 is 10.6 Å². The number of aromatic nitrogens is 1. The molecular weight excluding hydrogens is 294 g/mol. The summed E-state index contributed by atoms with van der Waals surface area (Å²) >= 11 is 1.26. The minimum absolute atomic E-state index is 0.248. The number of thiazole rings is 1. The van der Waals surface area contributed by atoms with Gasteiger partial charge < -0.3 is 5.11 Å². The van der Waals surface area contributed by atoms with Crippen LogP contribution >= 0.6 is 11.3 Å². The summed E-state index contributed by atoms with van der Waals surface area (Å²) in [4.78, 5) is 38.4. The lowest BCUT2D eigenvalue weighted by molar-refractivity contribution is -0.149. The molecule has 0 aromatic carbocycles. The molecule has 0 bridgehead atoms. The molecule has 0 fully saturated rings. The molecule has 1 heterocycles. The Labute approximate surface area is 126 Å². The molecular formula is C13H19N3O4S. The van der Waals surface area contributed by atoms with E-state index in [9.17, 15) is 14.4 Å². The smallest absolute Gasteiger partial charge is 0.327 e. The molecule has 0 atom stereocenters. The van der Waals surface area contributed by atoms with Crippen LogP contribution in [0, 0.1) is 5.41 Å². The van der Waals surface area contributed by atoms with Crippen molar-refractivity contribution in [2.75, 3.05) is 5.32 Å². The topological polar surface area (TPSA) is 108 Å². The summed E-state index contributed by atoms with van der Waals surface area (Å²) in [5, 5.41) is 15.7. The highest BCUT2D eigenvalue weighted by Gasteiger charge is 2.30. The van der Waals surface area contributed by atoms with Crippen LogP contribution in [0.3, 0.4) is 0 Å². The second-order valence-electron chi connectivity index (χ2n) is 5.60. The monoisotopic (exact) mass is 313 g/mol. The van der Waals surface area contributed by atoms with Crippen LogP contribution in [0.15, 0.2) is 5.38 Å². The summed E-state index contributed by atoms with van der Waals surface area (Å²) in [6, 6.07) is -0.717. The maximum atomic E-state index is 11.6. The average Bonchev–Trinajstić information content (AvgIpc) is 2.75. The molecule has 0 unspecified atom stereocenters. The summed E-state index contributed by atoms with van der Waals surface area (Å²) in [5.41, 5.74) is -0.371. The highest BCUT2D eigenvalue weighted by atomic mass is 32.1.